The number of nitrogens with zero attached hydrogens (tertiary/aromatic N) is 3. The van der Waals surface area contributed by atoms with Crippen LogP contribution in [-0.4, -0.2) is 81.6 Å². The maximum absolute atomic E-state index is 13.6. The van der Waals surface area contributed by atoms with Crippen molar-refractivity contribution in [2.24, 2.45) is 0 Å². The Bertz CT molecular complexity index is 1100. The van der Waals surface area contributed by atoms with E-state index < -0.39 is 23.9 Å². The summed E-state index contributed by atoms with van der Waals surface area (Å²) < 4.78 is 13.4. The molecule has 1 aromatic carbocycles. The highest BCUT2D eigenvalue weighted by Crippen LogP contribution is 2.32. The van der Waals surface area contributed by atoms with Gasteiger partial charge in [0.15, 0.2) is 6.10 Å². The number of carbonyl (C=O) groups is 3. The second-order valence-electron chi connectivity index (χ2n) is 10.4. The largest absolute Gasteiger partial charge is 0.465 e. The molecule has 4 rings (SSSR count). The average molecular weight is 501 g/mol. The molecule has 1 aliphatic carbocycles. The summed E-state index contributed by atoms with van der Waals surface area (Å²) in [6.07, 6.45) is 2.45. The summed E-state index contributed by atoms with van der Waals surface area (Å²) in [4.78, 5) is 40.4. The first-order valence-electron chi connectivity index (χ1n) is 12.6. The molecule has 2 aromatic rings. The van der Waals surface area contributed by atoms with E-state index in [0.29, 0.717) is 32.6 Å². The number of amides is 3. The van der Waals surface area contributed by atoms with Crippen molar-refractivity contribution in [1.29, 1.82) is 0 Å². The first-order chi connectivity index (χ1) is 17.1. The minimum absolute atomic E-state index is 0.103. The first kappa shape index (κ1) is 25.8. The fraction of sp³-hybridized carbons (Fsp3) is 0.577. The van der Waals surface area contributed by atoms with Gasteiger partial charge in [-0.3, -0.25) is 4.79 Å². The van der Waals surface area contributed by atoms with Crippen LogP contribution in [0.15, 0.2) is 30.5 Å². The third-order valence-electron chi connectivity index (χ3n) is 6.33. The van der Waals surface area contributed by atoms with Gasteiger partial charge in [-0.25, -0.2) is 9.59 Å². The lowest BCUT2D eigenvalue weighted by atomic mass is 10.1. The molecule has 1 aromatic heterocycles. The lowest BCUT2D eigenvalue weighted by molar-refractivity contribution is -0.150. The number of nitrogens with one attached hydrogen (secondary N) is 1. The van der Waals surface area contributed by atoms with Crippen LogP contribution in [0, 0.1) is 0 Å². The second-order valence-corrected chi connectivity index (χ2v) is 10.4. The van der Waals surface area contributed by atoms with Crippen molar-refractivity contribution in [3.05, 3.63) is 36.0 Å². The normalized spacial score (nSPS) is 18.2. The van der Waals surface area contributed by atoms with Gasteiger partial charge in [0.05, 0.1) is 13.2 Å². The van der Waals surface area contributed by atoms with Gasteiger partial charge < -0.3 is 34.3 Å². The number of morpholine rings is 1. The molecule has 3 amide bonds. The van der Waals surface area contributed by atoms with E-state index in [-0.39, 0.29) is 25.1 Å². The zero-order chi connectivity index (χ0) is 25.9. The summed E-state index contributed by atoms with van der Waals surface area (Å²) in [5.74, 6) is -0.103. The maximum Gasteiger partial charge on any atom is 0.410 e. The lowest BCUT2D eigenvalue weighted by Gasteiger charge is -2.35. The number of rotatable bonds is 8. The highest BCUT2D eigenvalue weighted by atomic mass is 16.6. The Morgan fingerprint density at radius 1 is 1.22 bits per heavy atom. The van der Waals surface area contributed by atoms with Gasteiger partial charge in [0.25, 0.3) is 5.91 Å². The number of para-hydroxylation sites is 1. The molecule has 2 aliphatic rings. The minimum atomic E-state index is -1.03. The van der Waals surface area contributed by atoms with E-state index in [1.807, 2.05) is 49.9 Å². The highest BCUT2D eigenvalue weighted by Gasteiger charge is 2.39. The van der Waals surface area contributed by atoms with E-state index in [4.69, 9.17) is 14.6 Å². The first-order valence-corrected chi connectivity index (χ1v) is 12.6. The van der Waals surface area contributed by atoms with E-state index in [0.717, 1.165) is 29.3 Å². The van der Waals surface area contributed by atoms with E-state index in [1.165, 1.54) is 0 Å². The van der Waals surface area contributed by atoms with Gasteiger partial charge in [-0.2, -0.15) is 0 Å². The molecule has 196 valence electrons. The molecular weight excluding hydrogens is 464 g/mol. The summed E-state index contributed by atoms with van der Waals surface area (Å²) in [6.45, 7) is 7.81. The van der Waals surface area contributed by atoms with E-state index in [1.54, 1.807) is 4.90 Å². The molecule has 1 aliphatic heterocycles. The molecular formula is C26H36N4O6. The summed E-state index contributed by atoms with van der Waals surface area (Å²) >= 11 is 0. The average Bonchev–Trinajstić information content (AvgIpc) is 3.61. The smallest absolute Gasteiger partial charge is 0.410 e. The van der Waals surface area contributed by atoms with Crippen LogP contribution < -0.4 is 5.32 Å². The zero-order valence-corrected chi connectivity index (χ0v) is 21.2. The lowest BCUT2D eigenvalue weighted by Crippen LogP contribution is -2.53. The molecule has 2 N–H and O–H groups in total. The van der Waals surface area contributed by atoms with Crippen molar-refractivity contribution in [1.82, 2.24) is 19.7 Å². The van der Waals surface area contributed by atoms with Gasteiger partial charge in [-0.05, 0) is 51.7 Å². The Kier molecular flexibility index (Phi) is 7.73. The molecule has 0 spiro atoms. The van der Waals surface area contributed by atoms with Crippen LogP contribution in [0.5, 0.6) is 0 Å². The molecule has 10 nitrogen and oxygen atoms in total. The van der Waals surface area contributed by atoms with Crippen LogP contribution in [0.1, 0.15) is 45.6 Å². The number of carbonyl (C=O) groups excluding carboxylic acids is 2. The summed E-state index contributed by atoms with van der Waals surface area (Å²) in [5, 5.41) is 12.3. The summed E-state index contributed by atoms with van der Waals surface area (Å²) in [6, 6.07) is 8.21. The summed E-state index contributed by atoms with van der Waals surface area (Å²) in [5.41, 5.74) is 1.49. The van der Waals surface area contributed by atoms with Gasteiger partial charge in [-0.15, -0.1) is 0 Å². The minimum Gasteiger partial charge on any atom is -0.465 e. The van der Waals surface area contributed by atoms with Crippen molar-refractivity contribution < 1.29 is 29.0 Å². The van der Waals surface area contributed by atoms with Crippen molar-refractivity contribution in [2.75, 3.05) is 26.2 Å². The maximum atomic E-state index is 13.6. The van der Waals surface area contributed by atoms with Gasteiger partial charge >= 0.3 is 12.2 Å². The molecule has 2 heterocycles. The standard InChI is InChI=1S/C26H36N4O6/c1-26(2,3)36-25(34)29-13-14-35-22(17-29)23(31)30(19-9-10-19)16-18-15-28(12-6-11-27-24(32)33)21-8-5-4-7-20(18)21/h4-5,7-8,15,19,22,27H,6,9-14,16-17H2,1-3H3,(H,32,33). The Morgan fingerprint density at radius 2 is 1.97 bits per heavy atom. The molecule has 2 fully saturated rings. The topological polar surface area (TPSA) is 113 Å². The monoisotopic (exact) mass is 500 g/mol. The zero-order valence-electron chi connectivity index (χ0n) is 21.2. The van der Waals surface area contributed by atoms with Crippen molar-refractivity contribution >= 4 is 29.0 Å². The quantitative estimate of drug-likeness (QED) is 0.537. The molecule has 0 bridgehead atoms. The number of benzene rings is 1. The molecule has 36 heavy (non-hydrogen) atoms. The highest BCUT2D eigenvalue weighted by molar-refractivity contribution is 5.86. The van der Waals surface area contributed by atoms with Crippen LogP contribution >= 0.6 is 0 Å². The fourth-order valence-corrected chi connectivity index (χ4v) is 4.51. The van der Waals surface area contributed by atoms with Crippen LogP contribution in [0.4, 0.5) is 9.59 Å². The Labute approximate surface area is 211 Å². The van der Waals surface area contributed by atoms with Crippen LogP contribution in [0.2, 0.25) is 0 Å². The number of ether oxygens (including phenoxy) is 2. The molecule has 10 heteroatoms. The molecule has 1 atom stereocenters. The molecule has 1 saturated carbocycles. The van der Waals surface area contributed by atoms with Gasteiger partial charge in [0, 0.05) is 49.3 Å². The molecule has 1 unspecified atom stereocenters. The number of aromatic nitrogens is 1. The summed E-state index contributed by atoms with van der Waals surface area (Å²) in [7, 11) is 0. The van der Waals surface area contributed by atoms with Crippen molar-refractivity contribution in [3.63, 3.8) is 0 Å². The number of hydrogen-bond acceptors (Lipinski definition) is 5. The third-order valence-corrected chi connectivity index (χ3v) is 6.33. The van der Waals surface area contributed by atoms with Crippen LogP contribution in [-0.2, 0) is 27.4 Å². The Balaban J connectivity index is 1.47. The third kappa shape index (κ3) is 6.48. The number of aryl methyl sites for hydroxylation is 1. The fourth-order valence-electron chi connectivity index (χ4n) is 4.51. The number of carboxylic acid groups (broad SMARTS) is 1. The van der Waals surface area contributed by atoms with Crippen LogP contribution in [0.25, 0.3) is 10.9 Å². The van der Waals surface area contributed by atoms with Crippen LogP contribution in [0.3, 0.4) is 0 Å². The molecule has 0 radical (unpaired) electrons. The second kappa shape index (κ2) is 10.8. The van der Waals surface area contributed by atoms with Gasteiger partial charge in [-0.1, -0.05) is 18.2 Å². The van der Waals surface area contributed by atoms with E-state index >= 15 is 0 Å². The van der Waals surface area contributed by atoms with Crippen molar-refractivity contribution in [3.8, 4) is 0 Å². The predicted molar refractivity (Wildman–Crippen MR) is 134 cm³/mol. The SMILES string of the molecule is CC(C)(C)OC(=O)N1CCOC(C(=O)N(Cc2cn(CCCNC(=O)O)c3ccccc23)C2CC2)C1. The predicted octanol–water partition coefficient (Wildman–Crippen LogP) is 3.43. The van der Waals surface area contributed by atoms with Crippen molar-refractivity contribution in [2.45, 2.75) is 70.9 Å². The molecule has 1 saturated heterocycles. The van der Waals surface area contributed by atoms with E-state index in [9.17, 15) is 14.4 Å². The van der Waals surface area contributed by atoms with E-state index in [2.05, 4.69) is 16.1 Å². The van der Waals surface area contributed by atoms with Gasteiger partial charge in [0.1, 0.15) is 5.60 Å². The van der Waals surface area contributed by atoms with Gasteiger partial charge in [0.2, 0.25) is 0 Å². The Hall–Kier alpha value is -3.27. The number of fused-ring (bicyclic) bond motifs is 1. The Morgan fingerprint density at radius 3 is 2.67 bits per heavy atom. The number of hydrogen-bond donors (Lipinski definition) is 2.